The molecule has 9 nitrogen and oxygen atoms in total. The summed E-state index contributed by atoms with van der Waals surface area (Å²) >= 11 is 3.22. The summed E-state index contributed by atoms with van der Waals surface area (Å²) in [6, 6.07) is 12.0. The van der Waals surface area contributed by atoms with E-state index in [1.54, 1.807) is 30.3 Å². The quantitative estimate of drug-likeness (QED) is 0.332. The summed E-state index contributed by atoms with van der Waals surface area (Å²) in [5.41, 5.74) is -0.602. The highest BCUT2D eigenvalue weighted by Gasteiger charge is 2.31. The van der Waals surface area contributed by atoms with Gasteiger partial charge >= 0.3 is 5.69 Å². The number of anilines is 3. The average molecular weight is 582 g/mol. The SMILES string of the molecule is CCCC(=O)Nc1cccc(-n2c(=O)n(C3CC3)c(=O)c3c(Nc4ccc(Br)cc4F)cc(=O)n(C)c32)c1. The lowest BCUT2D eigenvalue weighted by Crippen LogP contribution is -2.41. The maximum atomic E-state index is 14.7. The Hall–Kier alpha value is -3.99. The lowest BCUT2D eigenvalue weighted by atomic mass is 10.2. The molecule has 5 rings (SSSR count). The monoisotopic (exact) mass is 581 g/mol. The second kappa shape index (κ2) is 10.1. The fourth-order valence-electron chi connectivity index (χ4n) is 4.46. The molecule has 4 aromatic rings. The normalized spacial score (nSPS) is 13.1. The minimum Gasteiger partial charge on any atom is -0.352 e. The molecule has 1 saturated carbocycles. The smallest absolute Gasteiger partial charge is 0.337 e. The van der Waals surface area contributed by atoms with Gasteiger partial charge < -0.3 is 10.6 Å². The topological polar surface area (TPSA) is 107 Å². The predicted octanol–water partition coefficient (Wildman–Crippen LogP) is 4.57. The van der Waals surface area contributed by atoms with Gasteiger partial charge in [-0.15, -0.1) is 0 Å². The molecule has 1 aliphatic carbocycles. The molecule has 2 heterocycles. The highest BCUT2D eigenvalue weighted by atomic mass is 79.9. The number of hydrogen-bond acceptors (Lipinski definition) is 5. The van der Waals surface area contributed by atoms with E-state index in [4.69, 9.17) is 0 Å². The summed E-state index contributed by atoms with van der Waals surface area (Å²) in [4.78, 5) is 52.8. The molecule has 2 aromatic carbocycles. The zero-order chi connectivity index (χ0) is 27.1. The Morgan fingerprint density at radius 1 is 1.08 bits per heavy atom. The molecule has 1 amide bonds. The lowest BCUT2D eigenvalue weighted by molar-refractivity contribution is -0.116. The highest BCUT2D eigenvalue weighted by molar-refractivity contribution is 9.10. The van der Waals surface area contributed by atoms with Crippen molar-refractivity contribution in [1.82, 2.24) is 13.7 Å². The molecule has 1 aliphatic rings. The number of carbonyl (C=O) groups is 1. The number of benzene rings is 2. The van der Waals surface area contributed by atoms with Gasteiger partial charge in [-0.2, -0.15) is 0 Å². The predicted molar refractivity (Wildman–Crippen MR) is 148 cm³/mol. The molecule has 0 spiro atoms. The number of nitrogens with one attached hydrogen (secondary N) is 2. The zero-order valence-electron chi connectivity index (χ0n) is 20.8. The molecule has 0 saturated heterocycles. The number of rotatable bonds is 7. The van der Waals surface area contributed by atoms with Gasteiger partial charge in [0.1, 0.15) is 16.9 Å². The molecule has 38 heavy (non-hydrogen) atoms. The molecule has 0 bridgehead atoms. The number of halogens is 2. The van der Waals surface area contributed by atoms with E-state index in [1.807, 2.05) is 6.92 Å². The summed E-state index contributed by atoms with van der Waals surface area (Å²) < 4.78 is 18.9. The second-order valence-corrected chi connectivity index (χ2v) is 10.2. The Morgan fingerprint density at radius 2 is 1.84 bits per heavy atom. The van der Waals surface area contributed by atoms with Crippen molar-refractivity contribution in [2.24, 2.45) is 7.05 Å². The van der Waals surface area contributed by atoms with Crippen LogP contribution in [0, 0.1) is 5.82 Å². The van der Waals surface area contributed by atoms with E-state index in [-0.39, 0.29) is 34.4 Å². The van der Waals surface area contributed by atoms with Crippen molar-refractivity contribution >= 4 is 49.9 Å². The van der Waals surface area contributed by atoms with Gasteiger partial charge in [0.05, 0.1) is 17.1 Å². The van der Waals surface area contributed by atoms with Crippen LogP contribution in [0.5, 0.6) is 0 Å². The van der Waals surface area contributed by atoms with Crippen LogP contribution in [0.15, 0.2) is 67.4 Å². The third-order valence-electron chi connectivity index (χ3n) is 6.43. The number of aromatic nitrogens is 3. The van der Waals surface area contributed by atoms with Gasteiger partial charge in [-0.3, -0.25) is 23.5 Å². The number of aryl methyl sites for hydroxylation is 1. The standard InChI is InChI=1S/C27H25BrFN5O4/c1-3-5-22(35)30-16-6-4-7-18(13-16)33-25-24(26(37)34(27(33)38)17-9-10-17)21(14-23(36)32(25)2)31-20-11-8-15(28)12-19(20)29/h4,6-8,11-14,17,31H,3,5,9-10H2,1-2H3,(H,30,35). The Balaban J connectivity index is 1.80. The number of pyridine rings is 1. The van der Waals surface area contributed by atoms with Gasteiger partial charge in [0, 0.05) is 35.7 Å². The van der Waals surface area contributed by atoms with Gasteiger partial charge in [-0.25, -0.2) is 13.8 Å². The Labute approximate surface area is 224 Å². The minimum atomic E-state index is -0.594. The van der Waals surface area contributed by atoms with Crippen LogP contribution in [-0.4, -0.2) is 19.6 Å². The first-order chi connectivity index (χ1) is 18.2. The molecule has 196 valence electrons. The van der Waals surface area contributed by atoms with Crippen LogP contribution in [0.3, 0.4) is 0 Å². The van der Waals surface area contributed by atoms with Gasteiger partial charge in [0.25, 0.3) is 11.1 Å². The molecule has 2 aromatic heterocycles. The van der Waals surface area contributed by atoms with Gasteiger partial charge in [-0.05, 0) is 55.7 Å². The Morgan fingerprint density at radius 3 is 2.53 bits per heavy atom. The third kappa shape index (κ3) is 4.69. The summed E-state index contributed by atoms with van der Waals surface area (Å²) in [5.74, 6) is -0.750. The molecule has 0 unspecified atom stereocenters. The minimum absolute atomic E-state index is 0.0569. The number of nitrogens with zero attached hydrogens (tertiary/aromatic N) is 3. The largest absolute Gasteiger partial charge is 0.352 e. The first-order valence-electron chi connectivity index (χ1n) is 12.2. The summed E-state index contributed by atoms with van der Waals surface area (Å²) in [6.45, 7) is 1.90. The van der Waals surface area contributed by atoms with Crippen molar-refractivity contribution in [2.45, 2.75) is 38.6 Å². The highest BCUT2D eigenvalue weighted by Crippen LogP contribution is 2.34. The molecule has 0 aliphatic heterocycles. The average Bonchev–Trinajstić information content (AvgIpc) is 3.69. The van der Waals surface area contributed by atoms with Crippen molar-refractivity contribution in [3.8, 4) is 5.69 Å². The van der Waals surface area contributed by atoms with Crippen LogP contribution in [-0.2, 0) is 11.8 Å². The molecule has 2 N–H and O–H groups in total. The van der Waals surface area contributed by atoms with E-state index < -0.39 is 22.6 Å². The van der Waals surface area contributed by atoms with Gasteiger partial charge in [0.2, 0.25) is 5.91 Å². The molecular formula is C27H25BrFN5O4. The van der Waals surface area contributed by atoms with Crippen molar-refractivity contribution in [3.05, 3.63) is 90.0 Å². The van der Waals surface area contributed by atoms with E-state index in [1.165, 1.54) is 38.9 Å². The van der Waals surface area contributed by atoms with Crippen molar-refractivity contribution in [2.75, 3.05) is 10.6 Å². The Bertz CT molecular complexity index is 1770. The van der Waals surface area contributed by atoms with Gasteiger partial charge in [0.15, 0.2) is 0 Å². The molecular weight excluding hydrogens is 557 g/mol. The number of carbonyl (C=O) groups excluding carboxylic acids is 1. The molecule has 0 radical (unpaired) electrons. The molecule has 11 heteroatoms. The van der Waals surface area contributed by atoms with Crippen LogP contribution >= 0.6 is 15.9 Å². The second-order valence-electron chi connectivity index (χ2n) is 9.28. The first-order valence-corrected chi connectivity index (χ1v) is 13.0. The van der Waals surface area contributed by atoms with Crippen molar-refractivity contribution in [1.29, 1.82) is 0 Å². The molecule has 0 atom stereocenters. The van der Waals surface area contributed by atoms with E-state index >= 15 is 0 Å². The van der Waals surface area contributed by atoms with E-state index in [0.717, 1.165) is 0 Å². The van der Waals surface area contributed by atoms with E-state index in [0.29, 0.717) is 41.5 Å². The fourth-order valence-corrected chi connectivity index (χ4v) is 4.79. The fraction of sp³-hybridized carbons (Fsp3) is 0.259. The van der Waals surface area contributed by atoms with Crippen LogP contribution in [0.1, 0.15) is 38.6 Å². The number of amides is 1. The van der Waals surface area contributed by atoms with Crippen LogP contribution in [0.2, 0.25) is 0 Å². The van der Waals surface area contributed by atoms with Gasteiger partial charge in [-0.1, -0.05) is 28.9 Å². The van der Waals surface area contributed by atoms with Crippen molar-refractivity contribution in [3.63, 3.8) is 0 Å². The summed E-state index contributed by atoms with van der Waals surface area (Å²) in [7, 11) is 1.47. The zero-order valence-corrected chi connectivity index (χ0v) is 22.3. The Kier molecular flexibility index (Phi) is 6.78. The third-order valence-corrected chi connectivity index (χ3v) is 6.92. The van der Waals surface area contributed by atoms with Crippen LogP contribution in [0.4, 0.5) is 21.5 Å². The maximum absolute atomic E-state index is 14.7. The van der Waals surface area contributed by atoms with E-state index in [2.05, 4.69) is 26.6 Å². The van der Waals surface area contributed by atoms with Crippen LogP contribution in [0.25, 0.3) is 16.7 Å². The summed E-state index contributed by atoms with van der Waals surface area (Å²) in [6.07, 6.45) is 2.36. The first kappa shape index (κ1) is 25.7. The van der Waals surface area contributed by atoms with E-state index in [9.17, 15) is 23.6 Å². The number of fused-ring (bicyclic) bond motifs is 1. The lowest BCUT2D eigenvalue weighted by Gasteiger charge is -2.19. The number of hydrogen-bond donors (Lipinski definition) is 2. The van der Waals surface area contributed by atoms with Crippen LogP contribution < -0.4 is 27.4 Å². The summed E-state index contributed by atoms with van der Waals surface area (Å²) in [5, 5.41) is 5.78. The molecule has 1 fully saturated rings. The van der Waals surface area contributed by atoms with Crippen molar-refractivity contribution < 1.29 is 9.18 Å². The maximum Gasteiger partial charge on any atom is 0.337 e.